The minimum Gasteiger partial charge on any atom is -0.478 e. The van der Waals surface area contributed by atoms with Gasteiger partial charge in [-0.05, 0) is 12.3 Å². The number of carboxylic acids is 1. The van der Waals surface area contributed by atoms with Gasteiger partial charge < -0.3 is 10.0 Å². The van der Waals surface area contributed by atoms with Crippen LogP contribution in [0.2, 0.25) is 0 Å². The number of carbonyl (C=O) groups is 1. The third-order valence-electron chi connectivity index (χ3n) is 2.45. The Morgan fingerprint density at radius 1 is 1.56 bits per heavy atom. The zero-order chi connectivity index (χ0) is 13.7. The standard InChI is InChI=1S/C11H14N2O4S/c1-12(6-7-18-2)10-8(11(14)15)4-3-5-9(10)13(16)17/h3-5H,6-7H2,1-2H3,(H,14,15). The van der Waals surface area contributed by atoms with Crippen molar-refractivity contribution in [2.75, 3.05) is 30.5 Å². The minimum absolute atomic E-state index is 0.0483. The SMILES string of the molecule is CSCCN(C)c1c(C(=O)O)cccc1[N+](=O)[O-]. The number of para-hydroxylation sites is 1. The Hall–Kier alpha value is -1.76. The van der Waals surface area contributed by atoms with E-state index in [1.807, 2.05) is 6.26 Å². The molecule has 1 rings (SSSR count). The number of thioether (sulfide) groups is 1. The van der Waals surface area contributed by atoms with Gasteiger partial charge in [0, 0.05) is 25.4 Å². The number of carboxylic acid groups (broad SMARTS) is 1. The highest BCUT2D eigenvalue weighted by molar-refractivity contribution is 7.98. The van der Waals surface area contributed by atoms with E-state index in [-0.39, 0.29) is 16.9 Å². The molecule has 0 heterocycles. The van der Waals surface area contributed by atoms with Crippen LogP contribution >= 0.6 is 11.8 Å². The van der Waals surface area contributed by atoms with Crippen LogP contribution in [0, 0.1) is 10.1 Å². The van der Waals surface area contributed by atoms with Gasteiger partial charge in [0.25, 0.3) is 5.69 Å². The predicted molar refractivity (Wildman–Crippen MR) is 71.7 cm³/mol. The summed E-state index contributed by atoms with van der Waals surface area (Å²) in [5.74, 6) is -0.397. The van der Waals surface area contributed by atoms with Crippen molar-refractivity contribution in [3.05, 3.63) is 33.9 Å². The molecule has 0 amide bonds. The molecule has 1 aromatic rings. The van der Waals surface area contributed by atoms with Crippen LogP contribution in [-0.2, 0) is 0 Å². The smallest absolute Gasteiger partial charge is 0.338 e. The van der Waals surface area contributed by atoms with Crippen molar-refractivity contribution in [2.24, 2.45) is 0 Å². The van der Waals surface area contributed by atoms with Gasteiger partial charge in [-0.1, -0.05) is 6.07 Å². The number of benzene rings is 1. The van der Waals surface area contributed by atoms with Crippen LogP contribution in [0.4, 0.5) is 11.4 Å². The highest BCUT2D eigenvalue weighted by atomic mass is 32.2. The lowest BCUT2D eigenvalue weighted by Crippen LogP contribution is -2.23. The minimum atomic E-state index is -1.16. The number of hydrogen-bond acceptors (Lipinski definition) is 5. The fourth-order valence-corrected chi connectivity index (χ4v) is 2.05. The van der Waals surface area contributed by atoms with Crippen LogP contribution in [-0.4, -0.2) is 41.6 Å². The molecule has 0 aliphatic carbocycles. The van der Waals surface area contributed by atoms with E-state index < -0.39 is 10.9 Å². The Balaban J connectivity index is 3.26. The van der Waals surface area contributed by atoms with Crippen molar-refractivity contribution >= 4 is 29.1 Å². The third-order valence-corrected chi connectivity index (χ3v) is 3.05. The van der Waals surface area contributed by atoms with Crippen LogP contribution < -0.4 is 4.90 Å². The van der Waals surface area contributed by atoms with Gasteiger partial charge in [0.1, 0.15) is 5.69 Å². The zero-order valence-corrected chi connectivity index (χ0v) is 10.9. The molecule has 0 atom stereocenters. The van der Waals surface area contributed by atoms with E-state index in [0.717, 1.165) is 5.75 Å². The van der Waals surface area contributed by atoms with Crippen LogP contribution in [0.15, 0.2) is 18.2 Å². The molecular weight excluding hydrogens is 256 g/mol. The fourth-order valence-electron chi connectivity index (χ4n) is 1.59. The quantitative estimate of drug-likeness (QED) is 0.629. The maximum absolute atomic E-state index is 11.1. The first-order valence-electron chi connectivity index (χ1n) is 5.19. The molecule has 0 saturated heterocycles. The molecule has 1 N–H and O–H groups in total. The first-order chi connectivity index (χ1) is 8.49. The number of anilines is 1. The van der Waals surface area contributed by atoms with Crippen LogP contribution in [0.3, 0.4) is 0 Å². The molecule has 0 spiro atoms. The van der Waals surface area contributed by atoms with E-state index in [2.05, 4.69) is 0 Å². The van der Waals surface area contributed by atoms with E-state index in [4.69, 9.17) is 5.11 Å². The van der Waals surface area contributed by atoms with Crippen molar-refractivity contribution in [1.82, 2.24) is 0 Å². The molecule has 7 heteroatoms. The summed E-state index contributed by atoms with van der Waals surface area (Å²) in [6.07, 6.45) is 1.92. The highest BCUT2D eigenvalue weighted by Gasteiger charge is 2.23. The van der Waals surface area contributed by atoms with Gasteiger partial charge in [0.05, 0.1) is 10.5 Å². The van der Waals surface area contributed by atoms with Crippen LogP contribution in [0.1, 0.15) is 10.4 Å². The third kappa shape index (κ3) is 3.13. The second-order valence-corrected chi connectivity index (χ2v) is 4.64. The van der Waals surface area contributed by atoms with Crippen molar-refractivity contribution in [3.8, 4) is 0 Å². The molecule has 0 saturated carbocycles. The van der Waals surface area contributed by atoms with Crippen LogP contribution in [0.5, 0.6) is 0 Å². The molecule has 0 fully saturated rings. The van der Waals surface area contributed by atoms with Crippen molar-refractivity contribution in [2.45, 2.75) is 0 Å². The van der Waals surface area contributed by atoms with Crippen LogP contribution in [0.25, 0.3) is 0 Å². The largest absolute Gasteiger partial charge is 0.478 e. The average Bonchev–Trinajstić information content (AvgIpc) is 2.34. The summed E-state index contributed by atoms with van der Waals surface area (Å²) in [6.45, 7) is 0.548. The monoisotopic (exact) mass is 270 g/mol. The lowest BCUT2D eigenvalue weighted by atomic mass is 10.1. The molecule has 0 aromatic heterocycles. The maximum atomic E-state index is 11.1. The zero-order valence-electron chi connectivity index (χ0n) is 10.1. The molecule has 6 nitrogen and oxygen atoms in total. The number of aromatic carboxylic acids is 1. The van der Waals surface area contributed by atoms with Gasteiger partial charge in [0.2, 0.25) is 0 Å². The van der Waals surface area contributed by atoms with Crippen molar-refractivity contribution < 1.29 is 14.8 Å². The van der Waals surface area contributed by atoms with E-state index in [1.54, 1.807) is 23.7 Å². The van der Waals surface area contributed by atoms with E-state index in [0.29, 0.717) is 6.54 Å². The highest BCUT2D eigenvalue weighted by Crippen LogP contribution is 2.31. The van der Waals surface area contributed by atoms with E-state index in [1.165, 1.54) is 18.2 Å². The topological polar surface area (TPSA) is 83.7 Å². The molecule has 0 unspecified atom stereocenters. The maximum Gasteiger partial charge on any atom is 0.338 e. The Kier molecular flexibility index (Phi) is 4.96. The van der Waals surface area contributed by atoms with Crippen molar-refractivity contribution in [3.63, 3.8) is 0 Å². The molecule has 0 aliphatic heterocycles. The van der Waals surface area contributed by atoms with Gasteiger partial charge in [-0.25, -0.2) is 4.79 Å². The summed E-state index contributed by atoms with van der Waals surface area (Å²) in [5.41, 5.74) is -0.0737. The molecular formula is C11H14N2O4S. The molecule has 1 aromatic carbocycles. The summed E-state index contributed by atoms with van der Waals surface area (Å²) in [6, 6.07) is 4.07. The summed E-state index contributed by atoms with van der Waals surface area (Å²) in [5, 5.41) is 20.0. The number of nitrogens with zero attached hydrogens (tertiary/aromatic N) is 2. The summed E-state index contributed by atoms with van der Waals surface area (Å²) in [7, 11) is 1.66. The Bertz CT molecular complexity index is 432. The summed E-state index contributed by atoms with van der Waals surface area (Å²) < 4.78 is 0. The molecule has 0 aliphatic rings. The Morgan fingerprint density at radius 3 is 2.72 bits per heavy atom. The number of nitro benzene ring substituents is 1. The lowest BCUT2D eigenvalue weighted by Gasteiger charge is -2.20. The number of hydrogen-bond donors (Lipinski definition) is 1. The lowest BCUT2D eigenvalue weighted by molar-refractivity contribution is -0.384. The normalized spacial score (nSPS) is 10.1. The second kappa shape index (κ2) is 6.25. The average molecular weight is 270 g/mol. The first kappa shape index (κ1) is 14.3. The van der Waals surface area contributed by atoms with Gasteiger partial charge in [-0.15, -0.1) is 0 Å². The van der Waals surface area contributed by atoms with Gasteiger partial charge in [-0.3, -0.25) is 10.1 Å². The summed E-state index contributed by atoms with van der Waals surface area (Å²) >= 11 is 1.59. The predicted octanol–water partition coefficient (Wildman–Crippen LogP) is 2.09. The molecule has 18 heavy (non-hydrogen) atoms. The van der Waals surface area contributed by atoms with E-state index >= 15 is 0 Å². The number of rotatable bonds is 6. The van der Waals surface area contributed by atoms with Gasteiger partial charge in [0.15, 0.2) is 0 Å². The number of nitro groups is 1. The van der Waals surface area contributed by atoms with Crippen molar-refractivity contribution in [1.29, 1.82) is 0 Å². The summed E-state index contributed by atoms with van der Waals surface area (Å²) in [4.78, 5) is 23.1. The molecule has 0 bridgehead atoms. The van der Waals surface area contributed by atoms with Gasteiger partial charge in [-0.2, -0.15) is 11.8 Å². The Labute approximate surface area is 109 Å². The fraction of sp³-hybridized carbons (Fsp3) is 0.364. The Morgan fingerprint density at radius 2 is 2.22 bits per heavy atom. The first-order valence-corrected chi connectivity index (χ1v) is 6.59. The van der Waals surface area contributed by atoms with E-state index in [9.17, 15) is 14.9 Å². The second-order valence-electron chi connectivity index (χ2n) is 3.65. The molecule has 98 valence electrons. The van der Waals surface area contributed by atoms with Gasteiger partial charge >= 0.3 is 5.97 Å². The molecule has 0 radical (unpaired) electrons.